The van der Waals surface area contributed by atoms with Gasteiger partial charge in [-0.25, -0.2) is 18.4 Å². The number of carbonyl (C=O) groups is 1. The minimum atomic E-state index is -4.23. The predicted octanol–water partition coefficient (Wildman–Crippen LogP) is 5.26. The van der Waals surface area contributed by atoms with E-state index in [9.17, 15) is 13.2 Å². The molecule has 0 fully saturated rings. The van der Waals surface area contributed by atoms with Gasteiger partial charge < -0.3 is 4.74 Å². The van der Waals surface area contributed by atoms with E-state index in [1.807, 2.05) is 6.07 Å². The van der Waals surface area contributed by atoms with Gasteiger partial charge in [-0.3, -0.25) is 13.7 Å². The van der Waals surface area contributed by atoms with Crippen molar-refractivity contribution < 1.29 is 17.9 Å². The quantitative estimate of drug-likeness (QED) is 0.314. The van der Waals surface area contributed by atoms with Crippen molar-refractivity contribution in [3.05, 3.63) is 77.2 Å². The van der Waals surface area contributed by atoms with Crippen molar-refractivity contribution in [2.45, 2.75) is 31.3 Å². The maximum absolute atomic E-state index is 13.7. The van der Waals surface area contributed by atoms with Crippen LogP contribution in [0.5, 0.6) is 0 Å². The first-order chi connectivity index (χ1) is 16.4. The molecule has 4 aromatic rings. The average Bonchev–Trinajstić information content (AvgIpc) is 3.19. The Morgan fingerprint density at radius 2 is 1.69 bits per heavy atom. The van der Waals surface area contributed by atoms with Gasteiger partial charge in [0.1, 0.15) is 12.1 Å². The minimum absolute atomic E-state index is 0.145. The summed E-state index contributed by atoms with van der Waals surface area (Å²) in [6.45, 7) is 4.58. The number of benzene rings is 2. The van der Waals surface area contributed by atoms with Crippen molar-refractivity contribution in [3.63, 3.8) is 0 Å². The number of anilines is 1. The van der Waals surface area contributed by atoms with Gasteiger partial charge in [0.05, 0.1) is 16.1 Å². The molecule has 0 radical (unpaired) electrons. The lowest BCUT2D eigenvalue weighted by Crippen LogP contribution is -2.39. The van der Waals surface area contributed by atoms with Gasteiger partial charge in [0.15, 0.2) is 0 Å². The molecule has 2 aromatic heterocycles. The second-order valence-corrected chi connectivity index (χ2v) is 11.4. The van der Waals surface area contributed by atoms with Crippen LogP contribution in [0, 0.1) is 0 Å². The highest BCUT2D eigenvalue weighted by Crippen LogP contribution is 2.31. The fourth-order valence-electron chi connectivity index (χ4n) is 3.49. The van der Waals surface area contributed by atoms with E-state index in [1.54, 1.807) is 68.2 Å². The van der Waals surface area contributed by atoms with Gasteiger partial charge in [0, 0.05) is 34.0 Å². The largest absolute Gasteiger partial charge is 0.459 e. The van der Waals surface area contributed by atoms with Gasteiger partial charge in [0.2, 0.25) is 5.95 Å². The maximum atomic E-state index is 13.7. The third kappa shape index (κ3) is 5.58. The summed E-state index contributed by atoms with van der Waals surface area (Å²) in [7, 11) is -4.23. The molecule has 8 nitrogen and oxygen atoms in total. The summed E-state index contributed by atoms with van der Waals surface area (Å²) in [6, 6.07) is 12.5. The molecule has 0 N–H and O–H groups in total. The van der Waals surface area contributed by atoms with Gasteiger partial charge in [-0.1, -0.05) is 23.2 Å². The fraction of sp³-hybridized carbons (Fsp3) is 0.208. The van der Waals surface area contributed by atoms with Crippen LogP contribution in [0.15, 0.2) is 72.0 Å². The molecule has 0 unspecified atom stereocenters. The van der Waals surface area contributed by atoms with Gasteiger partial charge >= 0.3 is 5.97 Å². The molecule has 0 saturated heterocycles. The topological polar surface area (TPSA) is 94.4 Å². The highest BCUT2D eigenvalue weighted by molar-refractivity contribution is 7.92. The molecule has 0 spiro atoms. The van der Waals surface area contributed by atoms with Crippen molar-refractivity contribution in [2.24, 2.45) is 0 Å². The van der Waals surface area contributed by atoms with Crippen LogP contribution in [0.25, 0.3) is 16.9 Å². The maximum Gasteiger partial charge on any atom is 0.327 e. The molecule has 182 valence electrons. The standard InChI is InChI=1S/C24H22Cl2N4O4S/c1-24(2,3)34-22(31)15-30(35(32,33)20-13-17(25)12-18(26)14-20)19-5-6-21-16(11-19)7-10-29(21)23-27-8-4-9-28-23/h4-14H,15H2,1-3H3. The van der Waals surface area contributed by atoms with E-state index in [4.69, 9.17) is 27.9 Å². The van der Waals surface area contributed by atoms with Crippen LogP contribution in [0.1, 0.15) is 20.8 Å². The van der Waals surface area contributed by atoms with Crippen LogP contribution in [-0.2, 0) is 19.6 Å². The van der Waals surface area contributed by atoms with E-state index >= 15 is 0 Å². The molecule has 11 heteroatoms. The van der Waals surface area contributed by atoms with Crippen LogP contribution in [0.2, 0.25) is 10.0 Å². The Balaban J connectivity index is 1.80. The number of fused-ring (bicyclic) bond motifs is 1. The highest BCUT2D eigenvalue weighted by atomic mass is 35.5. The zero-order valence-electron chi connectivity index (χ0n) is 19.1. The molecular formula is C24H22Cl2N4O4S. The van der Waals surface area contributed by atoms with E-state index in [0.29, 0.717) is 5.95 Å². The first-order valence-electron chi connectivity index (χ1n) is 10.5. The zero-order chi connectivity index (χ0) is 25.4. The Bertz CT molecular complexity index is 1480. The van der Waals surface area contributed by atoms with Crippen molar-refractivity contribution in [1.82, 2.24) is 14.5 Å². The summed E-state index contributed by atoms with van der Waals surface area (Å²) in [5.41, 5.74) is 0.245. The van der Waals surface area contributed by atoms with Crippen molar-refractivity contribution in [3.8, 4) is 5.95 Å². The molecule has 0 aliphatic rings. The van der Waals surface area contributed by atoms with Crippen LogP contribution >= 0.6 is 23.2 Å². The van der Waals surface area contributed by atoms with E-state index in [2.05, 4.69) is 9.97 Å². The molecule has 0 saturated carbocycles. The molecule has 2 heterocycles. The lowest BCUT2D eigenvalue weighted by Gasteiger charge is -2.26. The van der Waals surface area contributed by atoms with Crippen LogP contribution in [0.3, 0.4) is 0 Å². The number of hydrogen-bond acceptors (Lipinski definition) is 6. The number of esters is 1. The van der Waals surface area contributed by atoms with E-state index in [1.165, 1.54) is 18.2 Å². The fourth-order valence-corrected chi connectivity index (χ4v) is 5.61. The number of carbonyl (C=O) groups excluding carboxylic acids is 1. The molecular weight excluding hydrogens is 511 g/mol. The summed E-state index contributed by atoms with van der Waals surface area (Å²) < 4.78 is 35.5. The van der Waals surface area contributed by atoms with E-state index < -0.39 is 28.1 Å². The number of hydrogen-bond donors (Lipinski definition) is 0. The molecule has 35 heavy (non-hydrogen) atoms. The van der Waals surface area contributed by atoms with Crippen LogP contribution in [0.4, 0.5) is 5.69 Å². The monoisotopic (exact) mass is 532 g/mol. The third-order valence-corrected chi connectivity index (χ3v) is 7.03. The van der Waals surface area contributed by atoms with Gasteiger partial charge in [0.25, 0.3) is 10.0 Å². The number of aromatic nitrogens is 3. The molecule has 0 amide bonds. The predicted molar refractivity (Wildman–Crippen MR) is 136 cm³/mol. The van der Waals surface area contributed by atoms with E-state index in [0.717, 1.165) is 15.2 Å². The molecule has 0 bridgehead atoms. The SMILES string of the molecule is CC(C)(C)OC(=O)CN(c1ccc2c(ccn2-c2ncccn2)c1)S(=O)(=O)c1cc(Cl)cc(Cl)c1. The number of nitrogens with zero attached hydrogens (tertiary/aromatic N) is 4. The zero-order valence-corrected chi connectivity index (χ0v) is 21.5. The van der Waals surface area contributed by atoms with Crippen molar-refractivity contribution in [2.75, 3.05) is 10.8 Å². The van der Waals surface area contributed by atoms with E-state index in [-0.39, 0.29) is 20.6 Å². The summed E-state index contributed by atoms with van der Waals surface area (Å²) in [5.74, 6) is -0.230. The lowest BCUT2D eigenvalue weighted by molar-refractivity contribution is -0.152. The number of rotatable bonds is 6. The summed E-state index contributed by atoms with van der Waals surface area (Å²) in [4.78, 5) is 21.1. The molecule has 0 aliphatic carbocycles. The van der Waals surface area contributed by atoms with Crippen molar-refractivity contribution in [1.29, 1.82) is 0 Å². The highest BCUT2D eigenvalue weighted by Gasteiger charge is 2.30. The molecule has 4 rings (SSSR count). The first kappa shape index (κ1) is 25.0. The lowest BCUT2D eigenvalue weighted by atomic mass is 10.2. The Labute approximate surface area is 213 Å². The molecule has 0 atom stereocenters. The Morgan fingerprint density at radius 3 is 2.31 bits per heavy atom. The first-order valence-corrected chi connectivity index (χ1v) is 12.7. The van der Waals surface area contributed by atoms with Gasteiger partial charge in [-0.15, -0.1) is 0 Å². The summed E-state index contributed by atoms with van der Waals surface area (Å²) in [5, 5.41) is 1.04. The molecule has 2 aromatic carbocycles. The Morgan fingerprint density at radius 1 is 1.03 bits per heavy atom. The van der Waals surface area contributed by atoms with Crippen molar-refractivity contribution >= 4 is 55.8 Å². The average molecular weight is 533 g/mol. The van der Waals surface area contributed by atoms with Crippen LogP contribution < -0.4 is 4.31 Å². The summed E-state index contributed by atoms with van der Waals surface area (Å²) in [6.07, 6.45) is 5.05. The van der Waals surface area contributed by atoms with Crippen LogP contribution in [-0.4, -0.2) is 41.1 Å². The Hall–Kier alpha value is -3.14. The number of ether oxygens (including phenoxy) is 1. The third-order valence-electron chi connectivity index (χ3n) is 4.85. The van der Waals surface area contributed by atoms with Gasteiger partial charge in [-0.05, 0) is 69.3 Å². The van der Waals surface area contributed by atoms with Gasteiger partial charge in [-0.2, -0.15) is 0 Å². The second kappa shape index (κ2) is 9.49. The smallest absolute Gasteiger partial charge is 0.327 e. The number of sulfonamides is 1. The number of halogens is 2. The summed E-state index contributed by atoms with van der Waals surface area (Å²) >= 11 is 12.1. The normalized spacial score (nSPS) is 12.0. The minimum Gasteiger partial charge on any atom is -0.459 e. The second-order valence-electron chi connectivity index (χ2n) is 8.68. The molecule has 0 aliphatic heterocycles. The Kier molecular flexibility index (Phi) is 6.77.